The summed E-state index contributed by atoms with van der Waals surface area (Å²) in [5, 5.41) is 12.5. The van der Waals surface area contributed by atoms with Gasteiger partial charge in [0.05, 0.1) is 6.10 Å². The lowest BCUT2D eigenvalue weighted by molar-refractivity contribution is -0.130. The Balaban J connectivity index is 1.97. The Morgan fingerprint density at radius 2 is 2.06 bits per heavy atom. The molecule has 18 heavy (non-hydrogen) atoms. The fourth-order valence-electron chi connectivity index (χ4n) is 2.22. The van der Waals surface area contributed by atoms with E-state index in [2.05, 4.69) is 5.32 Å². The van der Waals surface area contributed by atoms with Crippen molar-refractivity contribution in [2.24, 2.45) is 11.1 Å². The lowest BCUT2D eigenvalue weighted by atomic mass is 9.64. The van der Waals surface area contributed by atoms with Crippen LogP contribution in [0, 0.1) is 5.41 Å². The fraction of sp³-hybridized carbons (Fsp3) is 0.500. The van der Waals surface area contributed by atoms with Crippen molar-refractivity contribution < 1.29 is 9.90 Å². The Labute approximate surface area is 107 Å². The highest BCUT2D eigenvalue weighted by atomic mass is 16.3. The van der Waals surface area contributed by atoms with E-state index >= 15 is 0 Å². The second-order valence-electron chi connectivity index (χ2n) is 5.52. The molecule has 0 aliphatic heterocycles. The van der Waals surface area contributed by atoms with E-state index in [1.54, 1.807) is 0 Å². The molecule has 4 N–H and O–H groups in total. The first kappa shape index (κ1) is 13.1. The molecule has 4 heteroatoms. The average molecular weight is 248 g/mol. The van der Waals surface area contributed by atoms with Crippen LogP contribution in [-0.2, 0) is 4.79 Å². The zero-order chi connectivity index (χ0) is 13.3. The van der Waals surface area contributed by atoms with Crippen LogP contribution in [0.4, 0.5) is 0 Å². The predicted octanol–water partition coefficient (Wildman–Crippen LogP) is 0.962. The molecule has 1 amide bonds. The van der Waals surface area contributed by atoms with Crippen LogP contribution in [0.5, 0.6) is 0 Å². The van der Waals surface area contributed by atoms with Gasteiger partial charge in [0.2, 0.25) is 5.91 Å². The van der Waals surface area contributed by atoms with Crippen molar-refractivity contribution >= 4 is 5.91 Å². The van der Waals surface area contributed by atoms with Crippen molar-refractivity contribution in [3.63, 3.8) is 0 Å². The molecule has 0 heterocycles. The maximum atomic E-state index is 12.0. The lowest BCUT2D eigenvalue weighted by Gasteiger charge is -2.49. The SMILES string of the molecule is CC1(C)C(O)CC1NC(=O)[C@@H](N)c1ccccc1. The van der Waals surface area contributed by atoms with Crippen molar-refractivity contribution in [2.45, 2.75) is 38.5 Å². The highest BCUT2D eigenvalue weighted by Crippen LogP contribution is 2.40. The number of hydrogen-bond donors (Lipinski definition) is 3. The van der Waals surface area contributed by atoms with E-state index in [1.807, 2.05) is 44.2 Å². The molecule has 4 nitrogen and oxygen atoms in total. The van der Waals surface area contributed by atoms with Gasteiger partial charge in [0.1, 0.15) is 6.04 Å². The van der Waals surface area contributed by atoms with Gasteiger partial charge in [-0.3, -0.25) is 4.79 Å². The van der Waals surface area contributed by atoms with Crippen LogP contribution in [0.25, 0.3) is 0 Å². The van der Waals surface area contributed by atoms with Crippen molar-refractivity contribution in [1.82, 2.24) is 5.32 Å². The fourth-order valence-corrected chi connectivity index (χ4v) is 2.22. The van der Waals surface area contributed by atoms with Crippen LogP contribution in [0.1, 0.15) is 31.9 Å². The van der Waals surface area contributed by atoms with Gasteiger partial charge in [-0.05, 0) is 12.0 Å². The summed E-state index contributed by atoms with van der Waals surface area (Å²) in [5.74, 6) is -0.189. The number of aliphatic hydroxyl groups excluding tert-OH is 1. The Kier molecular flexibility index (Phi) is 3.41. The van der Waals surface area contributed by atoms with Gasteiger partial charge < -0.3 is 16.2 Å². The third-order valence-electron chi connectivity index (χ3n) is 3.97. The van der Waals surface area contributed by atoms with Gasteiger partial charge in [-0.15, -0.1) is 0 Å². The topological polar surface area (TPSA) is 75.3 Å². The molecule has 2 unspecified atom stereocenters. The van der Waals surface area contributed by atoms with Gasteiger partial charge in [0, 0.05) is 11.5 Å². The highest BCUT2D eigenvalue weighted by Gasteiger charge is 2.48. The molecule has 1 fully saturated rings. The molecule has 0 radical (unpaired) electrons. The first-order chi connectivity index (χ1) is 8.43. The molecular weight excluding hydrogens is 228 g/mol. The van der Waals surface area contributed by atoms with Crippen molar-refractivity contribution in [1.29, 1.82) is 0 Å². The second-order valence-corrected chi connectivity index (χ2v) is 5.52. The largest absolute Gasteiger partial charge is 0.392 e. The molecule has 1 aromatic rings. The average Bonchev–Trinajstić information content (AvgIpc) is 2.38. The molecule has 0 aromatic heterocycles. The van der Waals surface area contributed by atoms with Crippen LogP contribution < -0.4 is 11.1 Å². The van der Waals surface area contributed by atoms with Crippen molar-refractivity contribution in [3.8, 4) is 0 Å². The molecule has 98 valence electrons. The predicted molar refractivity (Wildman–Crippen MR) is 69.7 cm³/mol. The Morgan fingerprint density at radius 1 is 1.44 bits per heavy atom. The van der Waals surface area contributed by atoms with Crippen LogP contribution in [0.3, 0.4) is 0 Å². The van der Waals surface area contributed by atoms with E-state index < -0.39 is 6.04 Å². The first-order valence-corrected chi connectivity index (χ1v) is 6.22. The van der Waals surface area contributed by atoms with Crippen molar-refractivity contribution in [3.05, 3.63) is 35.9 Å². The summed E-state index contributed by atoms with van der Waals surface area (Å²) < 4.78 is 0. The third-order valence-corrected chi connectivity index (χ3v) is 3.97. The van der Waals surface area contributed by atoms with Gasteiger partial charge in [-0.2, -0.15) is 0 Å². The monoisotopic (exact) mass is 248 g/mol. The zero-order valence-electron chi connectivity index (χ0n) is 10.8. The minimum absolute atomic E-state index is 0.00485. The molecule has 3 atom stereocenters. The number of rotatable bonds is 3. The van der Waals surface area contributed by atoms with E-state index in [0.29, 0.717) is 6.42 Å². The normalized spacial score (nSPS) is 27.1. The maximum absolute atomic E-state index is 12.0. The van der Waals surface area contributed by atoms with E-state index in [-0.39, 0.29) is 23.5 Å². The number of hydrogen-bond acceptors (Lipinski definition) is 3. The first-order valence-electron chi connectivity index (χ1n) is 6.22. The lowest BCUT2D eigenvalue weighted by Crippen LogP contribution is -2.62. The van der Waals surface area contributed by atoms with Crippen LogP contribution in [0.2, 0.25) is 0 Å². The van der Waals surface area contributed by atoms with E-state index in [9.17, 15) is 9.90 Å². The van der Waals surface area contributed by atoms with E-state index in [1.165, 1.54) is 0 Å². The number of nitrogens with two attached hydrogens (primary N) is 1. The molecule has 1 aromatic carbocycles. The number of amides is 1. The summed E-state index contributed by atoms with van der Waals surface area (Å²) in [5.41, 5.74) is 6.44. The summed E-state index contributed by atoms with van der Waals surface area (Å²) in [4.78, 5) is 12.0. The number of nitrogens with one attached hydrogen (secondary N) is 1. The summed E-state index contributed by atoms with van der Waals surface area (Å²) in [6.45, 7) is 3.89. The summed E-state index contributed by atoms with van der Waals surface area (Å²) >= 11 is 0. The molecule has 0 saturated heterocycles. The molecular formula is C14H20N2O2. The summed E-state index contributed by atoms with van der Waals surface area (Å²) in [6.07, 6.45) is 0.246. The van der Waals surface area contributed by atoms with Gasteiger partial charge in [0.25, 0.3) is 0 Å². The quantitative estimate of drug-likeness (QED) is 0.746. The highest BCUT2D eigenvalue weighted by molar-refractivity contribution is 5.83. The number of benzene rings is 1. The summed E-state index contributed by atoms with van der Waals surface area (Å²) in [7, 11) is 0. The third kappa shape index (κ3) is 2.26. The summed E-state index contributed by atoms with van der Waals surface area (Å²) in [6, 6.07) is 8.63. The molecule has 2 rings (SSSR count). The Hall–Kier alpha value is -1.39. The number of carbonyl (C=O) groups excluding carboxylic acids is 1. The Bertz CT molecular complexity index is 431. The molecule has 0 bridgehead atoms. The van der Waals surface area contributed by atoms with Gasteiger partial charge in [-0.25, -0.2) is 0 Å². The zero-order valence-corrected chi connectivity index (χ0v) is 10.8. The minimum atomic E-state index is -0.653. The second kappa shape index (κ2) is 4.71. The van der Waals surface area contributed by atoms with Gasteiger partial charge >= 0.3 is 0 Å². The van der Waals surface area contributed by atoms with Crippen LogP contribution in [-0.4, -0.2) is 23.2 Å². The maximum Gasteiger partial charge on any atom is 0.241 e. The molecule has 1 aliphatic rings. The van der Waals surface area contributed by atoms with Gasteiger partial charge in [0.15, 0.2) is 0 Å². The molecule has 1 saturated carbocycles. The van der Waals surface area contributed by atoms with Crippen molar-refractivity contribution in [2.75, 3.05) is 0 Å². The standard InChI is InChI=1S/C14H20N2O2/c1-14(2)10(8-11(14)17)16-13(18)12(15)9-6-4-3-5-7-9/h3-7,10-12,17H,8,15H2,1-2H3,(H,16,18)/t10?,11?,12-/m0/s1. The minimum Gasteiger partial charge on any atom is -0.392 e. The number of carbonyl (C=O) groups is 1. The van der Waals surface area contributed by atoms with Gasteiger partial charge in [-0.1, -0.05) is 44.2 Å². The van der Waals surface area contributed by atoms with Crippen LogP contribution >= 0.6 is 0 Å². The van der Waals surface area contributed by atoms with Crippen LogP contribution in [0.15, 0.2) is 30.3 Å². The van der Waals surface area contributed by atoms with E-state index in [4.69, 9.17) is 5.73 Å². The Morgan fingerprint density at radius 3 is 2.56 bits per heavy atom. The smallest absolute Gasteiger partial charge is 0.241 e. The number of aliphatic hydroxyl groups is 1. The molecule has 0 spiro atoms. The molecule has 1 aliphatic carbocycles. The van der Waals surface area contributed by atoms with E-state index in [0.717, 1.165) is 5.56 Å².